The smallest absolute Gasteiger partial charge is 0.307 e. The van der Waals surface area contributed by atoms with Crippen LogP contribution < -0.4 is 35.6 Å². The lowest BCUT2D eigenvalue weighted by Crippen LogP contribution is -2.42. The number of rotatable bonds is 12. The van der Waals surface area contributed by atoms with Crippen LogP contribution in [0.3, 0.4) is 0 Å². The van der Waals surface area contributed by atoms with Crippen LogP contribution >= 0.6 is 0 Å². The molecule has 0 fully saturated rings. The van der Waals surface area contributed by atoms with E-state index in [2.05, 4.69) is 20.7 Å². The number of esters is 1. The molecule has 3 rings (SSSR count). The molecule has 0 unspecified atom stereocenters. The van der Waals surface area contributed by atoms with Crippen LogP contribution in [0.1, 0.15) is 57.2 Å². The summed E-state index contributed by atoms with van der Waals surface area (Å²) in [5, 5.41) is 8.87. The van der Waals surface area contributed by atoms with Crippen molar-refractivity contribution in [2.45, 2.75) is 58.5 Å². The van der Waals surface area contributed by atoms with E-state index in [1.165, 1.54) is 34.3 Å². The molecule has 0 bridgehead atoms. The van der Waals surface area contributed by atoms with E-state index in [0.717, 1.165) is 11.1 Å². The molecule has 1 aliphatic rings. The molecule has 1 aliphatic carbocycles. The number of carbonyl (C=O) groups excluding carboxylic acids is 3. The number of methoxy groups -OCH3 is 4. The highest BCUT2D eigenvalue weighted by atomic mass is 16.5. The highest BCUT2D eigenvalue weighted by Gasteiger charge is 2.30. The Morgan fingerprint density at radius 1 is 1.00 bits per heavy atom. The van der Waals surface area contributed by atoms with Crippen LogP contribution in [0.15, 0.2) is 29.1 Å². The SMILES string of the molecule is COC(=O)CCNC(=O)[C@H](CC(C)C)Nc1ccc2c(cc1=O)[C@@H](NC(C)=O)CCc1cc(OC)c(OC)c(OC)c1-2. The van der Waals surface area contributed by atoms with Gasteiger partial charge in [0.05, 0.1) is 46.6 Å². The van der Waals surface area contributed by atoms with Crippen LogP contribution in [-0.2, 0) is 25.5 Å². The topological polar surface area (TPSA) is 141 Å². The molecule has 2 aromatic rings. The van der Waals surface area contributed by atoms with Crippen LogP contribution in [0.25, 0.3) is 11.1 Å². The van der Waals surface area contributed by atoms with Gasteiger partial charge in [-0.05, 0) is 60.1 Å². The molecular formula is C31H41N3O8. The van der Waals surface area contributed by atoms with Crippen molar-refractivity contribution < 1.29 is 33.3 Å². The molecule has 3 N–H and O–H groups in total. The van der Waals surface area contributed by atoms with E-state index in [1.807, 2.05) is 19.9 Å². The number of anilines is 1. The van der Waals surface area contributed by atoms with Crippen LogP contribution in [0.4, 0.5) is 5.69 Å². The van der Waals surface area contributed by atoms with Gasteiger partial charge in [-0.15, -0.1) is 0 Å². The lowest BCUT2D eigenvalue weighted by Gasteiger charge is -2.20. The Hall–Kier alpha value is -4.28. The third-order valence-electron chi connectivity index (χ3n) is 7.13. The monoisotopic (exact) mass is 583 g/mol. The first-order chi connectivity index (χ1) is 20.0. The fourth-order valence-electron chi connectivity index (χ4n) is 5.23. The zero-order valence-corrected chi connectivity index (χ0v) is 25.3. The minimum Gasteiger partial charge on any atom is -0.493 e. The van der Waals surface area contributed by atoms with Crippen molar-refractivity contribution in [3.05, 3.63) is 45.6 Å². The molecule has 0 saturated carbocycles. The van der Waals surface area contributed by atoms with Crippen LogP contribution in [0.2, 0.25) is 0 Å². The highest BCUT2D eigenvalue weighted by molar-refractivity contribution is 5.86. The summed E-state index contributed by atoms with van der Waals surface area (Å²) in [6.45, 7) is 5.51. The number of aryl methyl sites for hydroxylation is 1. The highest BCUT2D eigenvalue weighted by Crippen LogP contribution is 2.50. The maximum atomic E-state index is 13.7. The van der Waals surface area contributed by atoms with Gasteiger partial charge in [-0.2, -0.15) is 0 Å². The lowest BCUT2D eigenvalue weighted by atomic mass is 9.95. The molecule has 42 heavy (non-hydrogen) atoms. The van der Waals surface area contributed by atoms with E-state index in [9.17, 15) is 19.2 Å². The van der Waals surface area contributed by atoms with Crippen LogP contribution in [-0.4, -0.2) is 58.8 Å². The van der Waals surface area contributed by atoms with Crippen LogP contribution in [0, 0.1) is 5.92 Å². The molecule has 0 aliphatic heterocycles. The van der Waals surface area contributed by atoms with Gasteiger partial charge in [0.2, 0.25) is 23.0 Å². The van der Waals surface area contributed by atoms with Gasteiger partial charge in [0.1, 0.15) is 6.04 Å². The summed E-state index contributed by atoms with van der Waals surface area (Å²) in [6.07, 6.45) is 1.60. The normalized spacial score (nSPS) is 14.4. The molecule has 0 aromatic heterocycles. The summed E-state index contributed by atoms with van der Waals surface area (Å²) < 4.78 is 21.7. The van der Waals surface area contributed by atoms with E-state index in [-0.39, 0.29) is 41.8 Å². The second-order valence-electron chi connectivity index (χ2n) is 10.5. The second-order valence-corrected chi connectivity index (χ2v) is 10.5. The summed E-state index contributed by atoms with van der Waals surface area (Å²) in [5.74, 6) is 0.524. The fourth-order valence-corrected chi connectivity index (χ4v) is 5.23. The largest absolute Gasteiger partial charge is 0.493 e. The molecule has 11 heteroatoms. The Kier molecular flexibility index (Phi) is 11.2. The van der Waals surface area contributed by atoms with Crippen LogP contribution in [0.5, 0.6) is 17.2 Å². The third-order valence-corrected chi connectivity index (χ3v) is 7.13. The predicted molar refractivity (Wildman–Crippen MR) is 159 cm³/mol. The number of hydrogen-bond donors (Lipinski definition) is 3. The van der Waals surface area contributed by atoms with Gasteiger partial charge >= 0.3 is 5.97 Å². The van der Waals surface area contributed by atoms with Gasteiger partial charge in [0.15, 0.2) is 11.5 Å². The molecule has 11 nitrogen and oxygen atoms in total. The molecule has 2 atom stereocenters. The molecule has 2 amide bonds. The van der Waals surface area contributed by atoms with Gasteiger partial charge < -0.3 is 34.9 Å². The van der Waals surface area contributed by atoms with Gasteiger partial charge in [0, 0.05) is 19.0 Å². The molecule has 0 heterocycles. The van der Waals surface area contributed by atoms with E-state index in [1.54, 1.807) is 19.2 Å². The summed E-state index contributed by atoms with van der Waals surface area (Å²) in [6, 6.07) is 5.66. The Bertz CT molecular complexity index is 1370. The number of hydrogen-bond acceptors (Lipinski definition) is 9. The molecule has 228 valence electrons. The average Bonchev–Trinajstić information content (AvgIpc) is 3.19. The van der Waals surface area contributed by atoms with E-state index < -0.39 is 18.1 Å². The summed E-state index contributed by atoms with van der Waals surface area (Å²) in [7, 11) is 5.91. The average molecular weight is 584 g/mol. The number of fused-ring (bicyclic) bond motifs is 3. The summed E-state index contributed by atoms with van der Waals surface area (Å²) >= 11 is 0. The van der Waals surface area contributed by atoms with Gasteiger partial charge in [-0.1, -0.05) is 19.9 Å². The maximum Gasteiger partial charge on any atom is 0.307 e. The molecule has 0 spiro atoms. The molecule has 2 aromatic carbocycles. The first-order valence-corrected chi connectivity index (χ1v) is 13.9. The lowest BCUT2D eigenvalue weighted by molar-refractivity contribution is -0.140. The molecule has 0 saturated heterocycles. The standard InChI is InChI=1S/C31H41N3O8/c1-17(2)14-24(31(38)32-13-12-27(37)40-5)34-23-11-9-20-21(16-25(23)36)22(33-18(3)35)10-8-19-15-26(39-4)29(41-6)30(42-7)28(19)20/h9,11,15-17,22,24H,8,10,12-14H2,1-7H3,(H,32,38)(H,33,35)(H,34,36)/t22-,24-/m0/s1. The van der Waals surface area contributed by atoms with E-state index in [4.69, 9.17) is 14.2 Å². The van der Waals surface area contributed by atoms with Crippen molar-refractivity contribution in [3.8, 4) is 28.4 Å². The maximum absolute atomic E-state index is 13.7. The van der Waals surface area contributed by atoms with Crippen molar-refractivity contribution in [1.82, 2.24) is 10.6 Å². The Morgan fingerprint density at radius 2 is 1.71 bits per heavy atom. The Labute approximate surface area is 246 Å². The zero-order valence-electron chi connectivity index (χ0n) is 25.3. The molecular weight excluding hydrogens is 542 g/mol. The van der Waals surface area contributed by atoms with Crippen molar-refractivity contribution in [2.75, 3.05) is 40.3 Å². The van der Waals surface area contributed by atoms with E-state index >= 15 is 0 Å². The Morgan fingerprint density at radius 3 is 2.31 bits per heavy atom. The molecule has 0 radical (unpaired) electrons. The second kappa shape index (κ2) is 14.6. The van der Waals surface area contributed by atoms with Crippen molar-refractivity contribution in [1.29, 1.82) is 0 Å². The number of amides is 2. The summed E-state index contributed by atoms with van der Waals surface area (Å²) in [5.41, 5.74) is 2.83. The minimum atomic E-state index is -0.727. The van der Waals surface area contributed by atoms with E-state index in [0.29, 0.717) is 47.6 Å². The zero-order chi connectivity index (χ0) is 31.0. The van der Waals surface area contributed by atoms with Gasteiger partial charge in [-0.25, -0.2) is 0 Å². The number of ether oxygens (including phenoxy) is 4. The minimum absolute atomic E-state index is 0.0382. The first-order valence-electron chi connectivity index (χ1n) is 13.9. The van der Waals surface area contributed by atoms with Gasteiger partial charge in [-0.3, -0.25) is 19.2 Å². The third kappa shape index (κ3) is 7.51. The number of carbonyl (C=O) groups is 3. The van der Waals surface area contributed by atoms with Crippen molar-refractivity contribution in [3.63, 3.8) is 0 Å². The summed E-state index contributed by atoms with van der Waals surface area (Å²) in [4.78, 5) is 50.4. The first kappa shape index (κ1) is 32.2. The predicted octanol–water partition coefficient (Wildman–Crippen LogP) is 3.37. The number of benzene rings is 1. The van der Waals surface area contributed by atoms with Crippen molar-refractivity contribution >= 4 is 23.5 Å². The van der Waals surface area contributed by atoms with Crippen molar-refractivity contribution in [2.24, 2.45) is 5.92 Å². The number of nitrogens with one attached hydrogen (secondary N) is 3. The Balaban J connectivity index is 2.15. The van der Waals surface area contributed by atoms with Gasteiger partial charge in [0.25, 0.3) is 0 Å². The fraction of sp³-hybridized carbons (Fsp3) is 0.484. The quantitative estimate of drug-likeness (QED) is 0.321.